The fourth-order valence-electron chi connectivity index (χ4n) is 3.08. The fraction of sp³-hybridized carbons (Fsp3) is 0.538. The van der Waals surface area contributed by atoms with Gasteiger partial charge in [0.2, 0.25) is 0 Å². The largest absolute Gasteiger partial charge is 0.293 e. The van der Waals surface area contributed by atoms with Crippen LogP contribution in [0.25, 0.3) is 0 Å². The number of hydrogen-bond acceptors (Lipinski definition) is 3. The van der Waals surface area contributed by atoms with E-state index < -0.39 is 0 Å². The fourth-order valence-corrected chi connectivity index (χ4v) is 3.39. The molecular weight excluding hydrogens is 306 g/mol. The zero-order valence-corrected chi connectivity index (χ0v) is 12.2. The third-order valence-electron chi connectivity index (χ3n) is 4.15. The van der Waals surface area contributed by atoms with Crippen LogP contribution in [-0.4, -0.2) is 38.0 Å². The first-order valence-electron chi connectivity index (χ1n) is 6.76. The minimum atomic E-state index is 0.512. The van der Waals surface area contributed by atoms with Crippen LogP contribution in [0, 0.1) is 0 Å². The van der Waals surface area contributed by atoms with Gasteiger partial charge in [0.05, 0.1) is 22.4 Å². The molecule has 0 bridgehead atoms. The van der Waals surface area contributed by atoms with Gasteiger partial charge < -0.3 is 0 Å². The molecule has 1 aliphatic carbocycles. The van der Waals surface area contributed by atoms with E-state index in [4.69, 9.17) is 0 Å². The van der Waals surface area contributed by atoms with Crippen LogP contribution < -0.4 is 0 Å². The zero-order chi connectivity index (χ0) is 12.8. The van der Waals surface area contributed by atoms with Crippen LogP contribution >= 0.6 is 15.9 Å². The van der Waals surface area contributed by atoms with Gasteiger partial charge in [-0.3, -0.25) is 14.7 Å². The van der Waals surface area contributed by atoms with Crippen LogP contribution in [-0.2, 0) is 19.4 Å². The van der Waals surface area contributed by atoms with Crippen molar-refractivity contribution in [2.75, 3.05) is 13.1 Å². The summed E-state index contributed by atoms with van der Waals surface area (Å²) >= 11 is 3.44. The van der Waals surface area contributed by atoms with Crippen molar-refractivity contribution in [3.63, 3.8) is 0 Å². The SMILES string of the molecule is Brc1cnn(C2CN(Cc3n[nH]c4c3CCC4)C2)c1. The highest BCUT2D eigenvalue weighted by Gasteiger charge is 2.30. The summed E-state index contributed by atoms with van der Waals surface area (Å²) in [6.07, 6.45) is 7.55. The van der Waals surface area contributed by atoms with Crippen molar-refractivity contribution in [3.8, 4) is 0 Å². The molecule has 1 aliphatic heterocycles. The molecule has 5 nitrogen and oxygen atoms in total. The number of fused-ring (bicyclic) bond motifs is 1. The van der Waals surface area contributed by atoms with E-state index >= 15 is 0 Å². The highest BCUT2D eigenvalue weighted by molar-refractivity contribution is 9.10. The second kappa shape index (κ2) is 4.45. The molecule has 0 radical (unpaired) electrons. The first kappa shape index (κ1) is 11.7. The number of aryl methyl sites for hydroxylation is 1. The molecule has 0 amide bonds. The van der Waals surface area contributed by atoms with Gasteiger partial charge in [-0.05, 0) is 40.8 Å². The van der Waals surface area contributed by atoms with Gasteiger partial charge in [0.1, 0.15) is 0 Å². The molecule has 0 spiro atoms. The standard InChI is InChI=1S/C13H16BrN5/c14-9-4-15-19(5-9)10-6-18(7-10)8-13-11-2-1-3-12(11)16-17-13/h4-5,10H,1-3,6-8H2,(H,16,17). The highest BCUT2D eigenvalue weighted by Crippen LogP contribution is 2.27. The molecular formula is C13H16BrN5. The zero-order valence-electron chi connectivity index (χ0n) is 10.6. The normalized spacial score (nSPS) is 19.6. The Hall–Kier alpha value is -1.14. The van der Waals surface area contributed by atoms with Crippen LogP contribution in [0.3, 0.4) is 0 Å². The van der Waals surface area contributed by atoms with E-state index in [-0.39, 0.29) is 0 Å². The number of rotatable bonds is 3. The Morgan fingerprint density at radius 2 is 2.26 bits per heavy atom. The number of nitrogens with one attached hydrogen (secondary N) is 1. The lowest BCUT2D eigenvalue weighted by Crippen LogP contribution is -2.47. The topological polar surface area (TPSA) is 49.7 Å². The Morgan fingerprint density at radius 3 is 3.05 bits per heavy atom. The van der Waals surface area contributed by atoms with Gasteiger partial charge in [-0.2, -0.15) is 10.2 Å². The van der Waals surface area contributed by atoms with Crippen molar-refractivity contribution in [2.45, 2.75) is 31.8 Å². The number of aromatic amines is 1. The third-order valence-corrected chi connectivity index (χ3v) is 4.56. The lowest BCUT2D eigenvalue weighted by molar-refractivity contribution is 0.0892. The summed E-state index contributed by atoms with van der Waals surface area (Å²) in [5.74, 6) is 0. The van der Waals surface area contributed by atoms with Gasteiger partial charge >= 0.3 is 0 Å². The molecule has 2 aromatic rings. The molecule has 0 unspecified atom stereocenters. The van der Waals surface area contributed by atoms with Gasteiger partial charge in [-0.15, -0.1) is 0 Å². The maximum atomic E-state index is 4.46. The number of nitrogens with zero attached hydrogens (tertiary/aromatic N) is 4. The van der Waals surface area contributed by atoms with Crippen molar-refractivity contribution in [1.29, 1.82) is 0 Å². The summed E-state index contributed by atoms with van der Waals surface area (Å²) in [6.45, 7) is 3.11. The monoisotopic (exact) mass is 321 g/mol. The number of halogens is 1. The first-order chi connectivity index (χ1) is 9.29. The molecule has 0 saturated carbocycles. The number of H-pyrrole nitrogens is 1. The molecule has 0 aromatic carbocycles. The lowest BCUT2D eigenvalue weighted by Gasteiger charge is -2.38. The van der Waals surface area contributed by atoms with E-state index in [1.807, 2.05) is 12.4 Å². The Morgan fingerprint density at radius 1 is 1.37 bits per heavy atom. The lowest BCUT2D eigenvalue weighted by atomic mass is 10.1. The Bertz CT molecular complexity index is 596. The predicted molar refractivity (Wildman–Crippen MR) is 74.9 cm³/mol. The molecule has 3 heterocycles. The molecule has 2 aromatic heterocycles. The summed E-state index contributed by atoms with van der Waals surface area (Å²) in [7, 11) is 0. The van der Waals surface area contributed by atoms with E-state index in [1.54, 1.807) is 0 Å². The molecule has 100 valence electrons. The Labute approximate surface area is 120 Å². The molecule has 0 atom stereocenters. The minimum Gasteiger partial charge on any atom is -0.293 e. The molecule has 19 heavy (non-hydrogen) atoms. The maximum Gasteiger partial charge on any atom is 0.0797 e. The van der Waals surface area contributed by atoms with Crippen molar-refractivity contribution in [1.82, 2.24) is 24.9 Å². The Kier molecular flexibility index (Phi) is 2.73. The second-order valence-corrected chi connectivity index (χ2v) is 6.38. The average Bonchev–Trinajstić information content (AvgIpc) is 3.00. The molecule has 2 aliphatic rings. The highest BCUT2D eigenvalue weighted by atomic mass is 79.9. The number of likely N-dealkylation sites (tertiary alicyclic amines) is 1. The van der Waals surface area contributed by atoms with Crippen molar-refractivity contribution in [3.05, 3.63) is 33.8 Å². The third kappa shape index (κ3) is 2.03. The van der Waals surface area contributed by atoms with Crippen LogP contribution in [0.15, 0.2) is 16.9 Å². The average molecular weight is 322 g/mol. The van der Waals surface area contributed by atoms with E-state index in [0.29, 0.717) is 6.04 Å². The molecule has 1 fully saturated rings. The van der Waals surface area contributed by atoms with Gasteiger partial charge in [0.25, 0.3) is 0 Å². The summed E-state index contributed by atoms with van der Waals surface area (Å²) < 4.78 is 3.10. The van der Waals surface area contributed by atoms with Gasteiger partial charge in [0.15, 0.2) is 0 Å². The van der Waals surface area contributed by atoms with Gasteiger partial charge in [0, 0.05) is 31.5 Å². The number of aromatic nitrogens is 4. The van der Waals surface area contributed by atoms with Crippen LogP contribution in [0.5, 0.6) is 0 Å². The summed E-state index contributed by atoms with van der Waals surface area (Å²) in [6, 6.07) is 0.512. The summed E-state index contributed by atoms with van der Waals surface area (Å²) in [5.41, 5.74) is 4.10. The predicted octanol–water partition coefficient (Wildman–Crippen LogP) is 1.91. The molecule has 4 rings (SSSR count). The first-order valence-corrected chi connectivity index (χ1v) is 7.56. The molecule has 1 N–H and O–H groups in total. The number of hydrogen-bond donors (Lipinski definition) is 1. The summed E-state index contributed by atoms with van der Waals surface area (Å²) in [5, 5.41) is 12.0. The van der Waals surface area contributed by atoms with Crippen LogP contribution in [0.2, 0.25) is 0 Å². The van der Waals surface area contributed by atoms with Gasteiger partial charge in [-0.1, -0.05) is 0 Å². The van der Waals surface area contributed by atoms with Crippen molar-refractivity contribution < 1.29 is 0 Å². The molecule has 6 heteroatoms. The Balaban J connectivity index is 1.39. The van der Waals surface area contributed by atoms with Crippen molar-refractivity contribution in [2.24, 2.45) is 0 Å². The van der Waals surface area contributed by atoms with Crippen LogP contribution in [0.1, 0.15) is 29.4 Å². The maximum absolute atomic E-state index is 4.46. The van der Waals surface area contributed by atoms with E-state index in [2.05, 4.69) is 40.8 Å². The molecule has 1 saturated heterocycles. The summed E-state index contributed by atoms with van der Waals surface area (Å²) in [4.78, 5) is 2.44. The van der Waals surface area contributed by atoms with Crippen molar-refractivity contribution >= 4 is 15.9 Å². The van der Waals surface area contributed by atoms with Gasteiger partial charge in [-0.25, -0.2) is 0 Å². The van der Waals surface area contributed by atoms with Crippen LogP contribution in [0.4, 0.5) is 0 Å². The quantitative estimate of drug-likeness (QED) is 0.939. The second-order valence-electron chi connectivity index (χ2n) is 5.47. The van der Waals surface area contributed by atoms with E-state index in [1.165, 1.54) is 36.2 Å². The smallest absolute Gasteiger partial charge is 0.0797 e. The van der Waals surface area contributed by atoms with E-state index in [0.717, 1.165) is 24.1 Å². The van der Waals surface area contributed by atoms with E-state index in [9.17, 15) is 0 Å². The minimum absolute atomic E-state index is 0.512.